The van der Waals surface area contributed by atoms with Crippen molar-refractivity contribution in [3.05, 3.63) is 28.3 Å². The van der Waals surface area contributed by atoms with Crippen LogP contribution in [0.5, 0.6) is 5.75 Å². The highest BCUT2D eigenvalue weighted by Gasteiger charge is 2.60. The summed E-state index contributed by atoms with van der Waals surface area (Å²) in [6.07, 6.45) is 2.93. The number of ketones is 1. The van der Waals surface area contributed by atoms with Gasteiger partial charge in [0, 0.05) is 28.0 Å². The zero-order chi connectivity index (χ0) is 17.7. The molecule has 3 rings (SSSR count). The Morgan fingerprint density at radius 3 is 2.62 bits per heavy atom. The number of hydrogen-bond acceptors (Lipinski definition) is 2. The van der Waals surface area contributed by atoms with E-state index in [1.165, 1.54) is 0 Å². The zero-order valence-corrected chi connectivity index (χ0v) is 15.9. The van der Waals surface area contributed by atoms with Gasteiger partial charge in [-0.25, -0.2) is 0 Å². The van der Waals surface area contributed by atoms with E-state index in [4.69, 9.17) is 16.3 Å². The smallest absolute Gasteiger partial charge is 0.144 e. The second-order valence-corrected chi connectivity index (χ2v) is 8.39. The van der Waals surface area contributed by atoms with Gasteiger partial charge in [0.2, 0.25) is 0 Å². The molecule has 2 aliphatic rings. The van der Waals surface area contributed by atoms with Crippen LogP contribution in [0.15, 0.2) is 12.1 Å². The highest BCUT2D eigenvalue weighted by Crippen LogP contribution is 2.65. The molecule has 0 radical (unpaired) electrons. The van der Waals surface area contributed by atoms with Gasteiger partial charge in [0.25, 0.3) is 0 Å². The van der Waals surface area contributed by atoms with Gasteiger partial charge < -0.3 is 4.74 Å². The normalized spacial score (nSPS) is 30.7. The Morgan fingerprint density at radius 2 is 2.00 bits per heavy atom. The summed E-state index contributed by atoms with van der Waals surface area (Å²) >= 11 is 6.58. The number of benzene rings is 1. The number of methoxy groups -OCH3 is 1. The summed E-state index contributed by atoms with van der Waals surface area (Å²) in [4.78, 5) is 13.2. The molecule has 2 aliphatic carbocycles. The standard InChI is InChI=1S/C21H25ClO2/c1-6-7-13-10-16(22)18(17(11-13)24-5)14-12-21(4)9-8-15(19(14)23)20(21,2)3/h10-11,14-15H,8-9,12H2,1-5H3. The van der Waals surface area contributed by atoms with E-state index in [1.54, 1.807) is 14.0 Å². The summed E-state index contributed by atoms with van der Waals surface area (Å²) in [5.74, 6) is 6.83. The minimum Gasteiger partial charge on any atom is -0.496 e. The van der Waals surface area contributed by atoms with E-state index < -0.39 is 0 Å². The first-order valence-electron chi connectivity index (χ1n) is 8.59. The second-order valence-electron chi connectivity index (χ2n) is 7.98. The van der Waals surface area contributed by atoms with Gasteiger partial charge in [0.15, 0.2) is 0 Å². The van der Waals surface area contributed by atoms with Crippen LogP contribution in [0, 0.1) is 28.6 Å². The van der Waals surface area contributed by atoms with Crippen molar-refractivity contribution >= 4 is 17.4 Å². The van der Waals surface area contributed by atoms with Crippen LogP contribution in [-0.2, 0) is 4.79 Å². The lowest BCUT2D eigenvalue weighted by molar-refractivity contribution is -0.134. The van der Waals surface area contributed by atoms with E-state index in [9.17, 15) is 4.79 Å². The minimum absolute atomic E-state index is 0.0495. The SMILES string of the molecule is CC#Cc1cc(Cl)c(C2CC3(C)CCC(C2=O)C3(C)C)c(OC)c1. The van der Waals surface area contributed by atoms with E-state index >= 15 is 0 Å². The fourth-order valence-corrected chi connectivity index (χ4v) is 5.13. The van der Waals surface area contributed by atoms with Crippen LogP contribution >= 0.6 is 11.6 Å². The van der Waals surface area contributed by atoms with E-state index in [0.29, 0.717) is 16.6 Å². The van der Waals surface area contributed by atoms with Crippen LogP contribution in [0.1, 0.15) is 64.0 Å². The van der Waals surface area contributed by atoms with Crippen molar-refractivity contribution in [1.82, 2.24) is 0 Å². The summed E-state index contributed by atoms with van der Waals surface area (Å²) in [5, 5.41) is 0.591. The van der Waals surface area contributed by atoms with Crippen LogP contribution in [0.2, 0.25) is 5.02 Å². The first-order valence-corrected chi connectivity index (χ1v) is 8.97. The average Bonchev–Trinajstić information content (AvgIpc) is 2.64. The lowest BCUT2D eigenvalue weighted by Gasteiger charge is -2.48. The number of fused-ring (bicyclic) bond motifs is 2. The first kappa shape index (κ1) is 17.4. The Hall–Kier alpha value is -1.46. The number of carbonyl (C=O) groups excluding carboxylic acids is 1. The average molecular weight is 345 g/mol. The second kappa shape index (κ2) is 5.81. The largest absolute Gasteiger partial charge is 0.496 e. The van der Waals surface area contributed by atoms with E-state index in [-0.39, 0.29) is 22.7 Å². The van der Waals surface area contributed by atoms with Gasteiger partial charge in [0.05, 0.1) is 7.11 Å². The maximum Gasteiger partial charge on any atom is 0.144 e. The molecule has 3 heteroatoms. The van der Waals surface area contributed by atoms with Crippen LogP contribution in [-0.4, -0.2) is 12.9 Å². The van der Waals surface area contributed by atoms with Crippen molar-refractivity contribution in [2.45, 2.75) is 52.9 Å². The van der Waals surface area contributed by atoms with Gasteiger partial charge in [0.1, 0.15) is 11.5 Å². The molecule has 1 aromatic rings. The highest BCUT2D eigenvalue weighted by molar-refractivity contribution is 6.32. The number of rotatable bonds is 2. The number of hydrogen-bond donors (Lipinski definition) is 0. The number of carbonyl (C=O) groups is 1. The Bertz CT molecular complexity index is 753. The molecule has 0 N–H and O–H groups in total. The summed E-state index contributed by atoms with van der Waals surface area (Å²) in [7, 11) is 1.63. The third-order valence-electron chi connectivity index (χ3n) is 6.68. The van der Waals surface area contributed by atoms with Gasteiger partial charge in [-0.05, 0) is 49.1 Å². The van der Waals surface area contributed by atoms with Gasteiger partial charge in [-0.2, -0.15) is 0 Å². The predicted octanol–water partition coefficient (Wildman–Crippen LogP) is 5.22. The molecule has 0 saturated heterocycles. The van der Waals surface area contributed by atoms with E-state index in [2.05, 4.69) is 32.6 Å². The number of ether oxygens (including phenoxy) is 1. The Labute approximate surface area is 149 Å². The molecule has 2 bridgehead atoms. The fourth-order valence-electron chi connectivity index (χ4n) is 4.78. The molecule has 0 heterocycles. The Balaban J connectivity index is 2.10. The van der Waals surface area contributed by atoms with Crippen molar-refractivity contribution in [1.29, 1.82) is 0 Å². The van der Waals surface area contributed by atoms with Crippen LogP contribution in [0.3, 0.4) is 0 Å². The molecule has 0 spiro atoms. The van der Waals surface area contributed by atoms with Crippen molar-refractivity contribution in [3.8, 4) is 17.6 Å². The summed E-state index contributed by atoms with van der Waals surface area (Å²) in [6, 6.07) is 3.75. The lowest BCUT2D eigenvalue weighted by atomic mass is 9.55. The molecule has 0 aliphatic heterocycles. The van der Waals surface area contributed by atoms with Crippen LogP contribution in [0.4, 0.5) is 0 Å². The summed E-state index contributed by atoms with van der Waals surface area (Å²) < 4.78 is 5.59. The van der Waals surface area contributed by atoms with Gasteiger partial charge in [-0.3, -0.25) is 4.79 Å². The molecule has 0 amide bonds. The Kier molecular flexibility index (Phi) is 4.21. The maximum atomic E-state index is 13.2. The van der Waals surface area contributed by atoms with Crippen molar-refractivity contribution < 1.29 is 9.53 Å². The quantitative estimate of drug-likeness (QED) is 0.687. The van der Waals surface area contributed by atoms with E-state index in [1.807, 2.05) is 12.1 Å². The predicted molar refractivity (Wildman–Crippen MR) is 97.5 cm³/mol. The topological polar surface area (TPSA) is 26.3 Å². The molecule has 2 nitrogen and oxygen atoms in total. The molecule has 2 saturated carbocycles. The molecule has 0 aromatic heterocycles. The molecule has 128 valence electrons. The number of halogens is 1. The zero-order valence-electron chi connectivity index (χ0n) is 15.1. The molecule has 3 unspecified atom stereocenters. The van der Waals surface area contributed by atoms with E-state index in [0.717, 1.165) is 30.4 Å². The highest BCUT2D eigenvalue weighted by atomic mass is 35.5. The Morgan fingerprint density at radius 1 is 1.29 bits per heavy atom. The summed E-state index contributed by atoms with van der Waals surface area (Å²) in [6.45, 7) is 8.61. The van der Waals surface area contributed by atoms with Crippen molar-refractivity contribution in [2.24, 2.45) is 16.7 Å². The van der Waals surface area contributed by atoms with Crippen molar-refractivity contribution in [2.75, 3.05) is 7.11 Å². The van der Waals surface area contributed by atoms with Gasteiger partial charge in [-0.15, -0.1) is 5.92 Å². The molecule has 24 heavy (non-hydrogen) atoms. The lowest BCUT2D eigenvalue weighted by Crippen LogP contribution is -2.45. The molecular weight excluding hydrogens is 320 g/mol. The van der Waals surface area contributed by atoms with Crippen molar-refractivity contribution in [3.63, 3.8) is 0 Å². The van der Waals surface area contributed by atoms with Crippen LogP contribution < -0.4 is 4.74 Å². The van der Waals surface area contributed by atoms with Gasteiger partial charge in [-0.1, -0.05) is 38.3 Å². The fraction of sp³-hybridized carbons (Fsp3) is 0.571. The minimum atomic E-state index is -0.179. The molecule has 2 fully saturated rings. The van der Waals surface area contributed by atoms with Crippen LogP contribution in [0.25, 0.3) is 0 Å². The monoisotopic (exact) mass is 344 g/mol. The number of Topliss-reactive ketones (excluding diaryl/α,β-unsaturated/α-hetero) is 1. The third kappa shape index (κ3) is 2.37. The molecule has 3 atom stereocenters. The maximum absolute atomic E-state index is 13.2. The van der Waals surface area contributed by atoms with Gasteiger partial charge >= 0.3 is 0 Å². The first-order chi connectivity index (χ1) is 11.2. The summed E-state index contributed by atoms with van der Waals surface area (Å²) in [5.41, 5.74) is 1.88. The molecule has 1 aromatic carbocycles. The third-order valence-corrected chi connectivity index (χ3v) is 7.00. The molecular formula is C21H25ClO2.